The minimum atomic E-state index is -0.250. The number of halogens is 1. The second-order valence-corrected chi connectivity index (χ2v) is 5.52. The van der Waals surface area contributed by atoms with Crippen molar-refractivity contribution < 1.29 is 9.18 Å². The topological polar surface area (TPSA) is 32.3 Å². The van der Waals surface area contributed by atoms with Crippen LogP contribution in [0.2, 0.25) is 0 Å². The normalized spacial score (nSPS) is 10.4. The molecular weight excluding hydrogens is 279 g/mol. The van der Waals surface area contributed by atoms with Crippen LogP contribution in [0.4, 0.5) is 9.18 Å². The Hall–Kier alpha value is -2.36. The predicted octanol–water partition coefficient (Wildman–Crippen LogP) is 3.78. The third kappa shape index (κ3) is 4.07. The lowest BCUT2D eigenvalue weighted by atomic mass is 10.1. The number of rotatable bonds is 4. The molecule has 0 radical (unpaired) electrons. The minimum Gasteiger partial charge on any atom is -0.334 e. The van der Waals surface area contributed by atoms with Gasteiger partial charge in [-0.3, -0.25) is 0 Å². The lowest BCUT2D eigenvalue weighted by Crippen LogP contribution is -2.36. The second-order valence-electron chi connectivity index (χ2n) is 5.52. The molecular formula is C18H21FN2O. The van der Waals surface area contributed by atoms with Gasteiger partial charge in [0.2, 0.25) is 0 Å². The number of hydrogen-bond acceptors (Lipinski definition) is 1. The van der Waals surface area contributed by atoms with E-state index in [1.165, 1.54) is 6.07 Å². The van der Waals surface area contributed by atoms with E-state index in [4.69, 9.17) is 0 Å². The Morgan fingerprint density at radius 3 is 2.55 bits per heavy atom. The number of benzene rings is 2. The van der Waals surface area contributed by atoms with Crippen LogP contribution >= 0.6 is 0 Å². The lowest BCUT2D eigenvalue weighted by Gasteiger charge is -2.19. The van der Waals surface area contributed by atoms with Gasteiger partial charge in [-0.15, -0.1) is 0 Å². The molecule has 4 heteroatoms. The Morgan fingerprint density at radius 2 is 1.86 bits per heavy atom. The maximum absolute atomic E-state index is 13.5. The van der Waals surface area contributed by atoms with E-state index in [-0.39, 0.29) is 11.8 Å². The Labute approximate surface area is 130 Å². The van der Waals surface area contributed by atoms with Gasteiger partial charge in [0.25, 0.3) is 0 Å². The molecule has 0 unspecified atom stereocenters. The van der Waals surface area contributed by atoms with E-state index in [0.717, 1.165) is 16.7 Å². The third-order valence-corrected chi connectivity index (χ3v) is 3.70. The fourth-order valence-corrected chi connectivity index (χ4v) is 2.17. The molecule has 0 aliphatic heterocycles. The number of hydrogen-bond donors (Lipinski definition) is 1. The molecule has 0 saturated heterocycles. The lowest BCUT2D eigenvalue weighted by molar-refractivity contribution is 0.206. The van der Waals surface area contributed by atoms with Crippen LogP contribution in [0.3, 0.4) is 0 Å². The maximum atomic E-state index is 13.5. The molecule has 3 nitrogen and oxygen atoms in total. The van der Waals surface area contributed by atoms with Crippen LogP contribution in [0.1, 0.15) is 22.3 Å². The van der Waals surface area contributed by atoms with Crippen molar-refractivity contribution in [3.05, 3.63) is 70.5 Å². The number of nitrogens with zero attached hydrogens (tertiary/aromatic N) is 1. The van der Waals surface area contributed by atoms with Crippen molar-refractivity contribution in [3.63, 3.8) is 0 Å². The molecule has 0 atom stereocenters. The molecule has 116 valence electrons. The third-order valence-electron chi connectivity index (χ3n) is 3.70. The fraction of sp³-hybridized carbons (Fsp3) is 0.278. The number of nitrogens with one attached hydrogen (secondary N) is 1. The molecule has 0 saturated carbocycles. The van der Waals surface area contributed by atoms with Gasteiger partial charge in [0.05, 0.1) is 0 Å². The number of aryl methyl sites for hydroxylation is 2. The van der Waals surface area contributed by atoms with E-state index in [2.05, 4.69) is 5.32 Å². The van der Waals surface area contributed by atoms with E-state index in [0.29, 0.717) is 18.7 Å². The smallest absolute Gasteiger partial charge is 0.317 e. The number of urea groups is 1. The van der Waals surface area contributed by atoms with E-state index in [1.807, 2.05) is 37.3 Å². The van der Waals surface area contributed by atoms with Crippen molar-refractivity contribution in [2.24, 2.45) is 0 Å². The van der Waals surface area contributed by atoms with Crippen LogP contribution in [0.15, 0.2) is 42.5 Å². The van der Waals surface area contributed by atoms with Crippen molar-refractivity contribution in [2.75, 3.05) is 7.05 Å². The zero-order chi connectivity index (χ0) is 16.1. The Morgan fingerprint density at radius 1 is 1.14 bits per heavy atom. The second kappa shape index (κ2) is 7.07. The van der Waals surface area contributed by atoms with Crippen molar-refractivity contribution >= 4 is 6.03 Å². The molecule has 0 heterocycles. The highest BCUT2D eigenvalue weighted by atomic mass is 19.1. The van der Waals surface area contributed by atoms with Gasteiger partial charge in [-0.25, -0.2) is 9.18 Å². The maximum Gasteiger partial charge on any atom is 0.317 e. The monoisotopic (exact) mass is 300 g/mol. The highest BCUT2D eigenvalue weighted by Gasteiger charge is 2.10. The van der Waals surface area contributed by atoms with Crippen LogP contribution in [-0.2, 0) is 13.1 Å². The molecule has 0 aliphatic rings. The Kier molecular flexibility index (Phi) is 5.15. The molecule has 0 bridgehead atoms. The fourth-order valence-electron chi connectivity index (χ4n) is 2.17. The molecule has 1 N–H and O–H groups in total. The summed E-state index contributed by atoms with van der Waals surface area (Å²) in [5.41, 5.74) is 3.62. The molecule has 2 aromatic rings. The van der Waals surface area contributed by atoms with Crippen LogP contribution in [0, 0.1) is 19.7 Å². The van der Waals surface area contributed by atoms with Gasteiger partial charge in [-0.1, -0.05) is 36.4 Å². The van der Waals surface area contributed by atoms with Crippen LogP contribution < -0.4 is 5.32 Å². The summed E-state index contributed by atoms with van der Waals surface area (Å²) in [6.45, 7) is 4.60. The van der Waals surface area contributed by atoms with E-state index in [1.54, 1.807) is 24.9 Å². The van der Waals surface area contributed by atoms with Crippen LogP contribution in [0.25, 0.3) is 0 Å². The molecule has 2 rings (SSSR count). The van der Waals surface area contributed by atoms with Crippen molar-refractivity contribution in [1.82, 2.24) is 10.2 Å². The molecule has 0 spiro atoms. The average molecular weight is 300 g/mol. The van der Waals surface area contributed by atoms with Gasteiger partial charge in [0.1, 0.15) is 5.82 Å². The Balaban J connectivity index is 1.91. The summed E-state index contributed by atoms with van der Waals surface area (Å²) in [6, 6.07) is 12.8. The first-order valence-electron chi connectivity index (χ1n) is 7.26. The summed E-state index contributed by atoms with van der Waals surface area (Å²) in [4.78, 5) is 13.7. The number of amides is 2. The Bertz CT molecular complexity index is 670. The first-order chi connectivity index (χ1) is 10.5. The van der Waals surface area contributed by atoms with Crippen molar-refractivity contribution in [2.45, 2.75) is 26.9 Å². The minimum absolute atomic E-state index is 0.177. The van der Waals surface area contributed by atoms with Gasteiger partial charge in [0.15, 0.2) is 0 Å². The van der Waals surface area contributed by atoms with Gasteiger partial charge >= 0.3 is 6.03 Å². The van der Waals surface area contributed by atoms with Crippen LogP contribution in [0.5, 0.6) is 0 Å². The molecule has 0 fully saturated rings. The standard InChI is InChI=1S/C18H21FN2O/c1-13-6-4-5-7-16(13)12-21(3)18(22)20-11-15-9-8-14(2)17(19)10-15/h4-10H,11-12H2,1-3H3,(H,20,22). The molecule has 2 aromatic carbocycles. The number of carbonyl (C=O) groups is 1. The number of carbonyl (C=O) groups excluding carboxylic acids is 1. The summed E-state index contributed by atoms with van der Waals surface area (Å²) < 4.78 is 13.5. The summed E-state index contributed by atoms with van der Waals surface area (Å²) in [5.74, 6) is -0.250. The predicted molar refractivity (Wildman–Crippen MR) is 86.0 cm³/mol. The first-order valence-corrected chi connectivity index (χ1v) is 7.26. The summed E-state index contributed by atoms with van der Waals surface area (Å²) in [6.07, 6.45) is 0. The van der Waals surface area contributed by atoms with Gasteiger partial charge < -0.3 is 10.2 Å². The first kappa shape index (κ1) is 16.0. The van der Waals surface area contributed by atoms with E-state index in [9.17, 15) is 9.18 Å². The zero-order valence-electron chi connectivity index (χ0n) is 13.2. The molecule has 2 amide bonds. The van der Waals surface area contributed by atoms with Gasteiger partial charge in [0, 0.05) is 20.1 Å². The summed E-state index contributed by atoms with van der Waals surface area (Å²) in [7, 11) is 1.75. The summed E-state index contributed by atoms with van der Waals surface area (Å²) >= 11 is 0. The SMILES string of the molecule is Cc1ccc(CNC(=O)N(C)Cc2ccccc2C)cc1F. The average Bonchev–Trinajstić information content (AvgIpc) is 2.50. The van der Waals surface area contributed by atoms with Gasteiger partial charge in [-0.2, -0.15) is 0 Å². The van der Waals surface area contributed by atoms with Crippen molar-refractivity contribution in [3.8, 4) is 0 Å². The quantitative estimate of drug-likeness (QED) is 0.915. The summed E-state index contributed by atoms with van der Waals surface area (Å²) in [5, 5.41) is 2.81. The van der Waals surface area contributed by atoms with Crippen LogP contribution in [-0.4, -0.2) is 18.0 Å². The zero-order valence-corrected chi connectivity index (χ0v) is 13.2. The molecule has 0 aliphatic carbocycles. The van der Waals surface area contributed by atoms with E-state index >= 15 is 0 Å². The van der Waals surface area contributed by atoms with Crippen molar-refractivity contribution in [1.29, 1.82) is 0 Å². The van der Waals surface area contributed by atoms with E-state index < -0.39 is 0 Å². The highest BCUT2D eigenvalue weighted by Crippen LogP contribution is 2.11. The molecule has 0 aromatic heterocycles. The highest BCUT2D eigenvalue weighted by molar-refractivity contribution is 5.73. The van der Waals surface area contributed by atoms with Gasteiger partial charge in [-0.05, 0) is 42.2 Å². The molecule has 22 heavy (non-hydrogen) atoms. The largest absolute Gasteiger partial charge is 0.334 e.